The number of fused-ring (bicyclic) bond motifs is 1. The summed E-state index contributed by atoms with van der Waals surface area (Å²) in [5.74, 6) is 0.793. The number of hydrogen-bond donors (Lipinski definition) is 2. The van der Waals surface area contributed by atoms with Crippen molar-refractivity contribution < 1.29 is 14.6 Å². The fourth-order valence-corrected chi connectivity index (χ4v) is 5.16. The molecule has 180 valence electrons. The first-order chi connectivity index (χ1) is 17.1. The second-order valence-electron chi connectivity index (χ2n) is 9.00. The Kier molecular flexibility index (Phi) is 6.47. The number of nitrogens with zero attached hydrogens (tertiary/aromatic N) is 2. The fraction of sp³-hybridized carbons (Fsp3) is 0.276. The first kappa shape index (κ1) is 23.0. The molecule has 0 saturated carbocycles. The Bertz CT molecular complexity index is 1340. The van der Waals surface area contributed by atoms with Gasteiger partial charge in [-0.2, -0.15) is 0 Å². The third kappa shape index (κ3) is 4.26. The standard InChI is InChI=1S/C29H31N3O3/c1-30-29(34)27-26-23(19-31-17-7-4-8-18-31)25(33)16-15-24(26)32(21-9-5-3-6-10-21)28(27)20-11-13-22(35-2)14-12-20/h3,5-6,9-16,33H,4,7-8,17-19H2,1-2H3,(H,30,34). The lowest BCUT2D eigenvalue weighted by atomic mass is 9.99. The van der Waals surface area contributed by atoms with E-state index in [0.29, 0.717) is 12.1 Å². The van der Waals surface area contributed by atoms with Crippen molar-refractivity contribution in [3.8, 4) is 28.4 Å². The minimum atomic E-state index is -0.180. The van der Waals surface area contributed by atoms with E-state index in [1.54, 1.807) is 20.2 Å². The molecule has 1 fully saturated rings. The van der Waals surface area contributed by atoms with Crippen LogP contribution in [-0.4, -0.2) is 47.7 Å². The minimum absolute atomic E-state index is 0.180. The molecule has 4 aromatic rings. The van der Waals surface area contributed by atoms with Gasteiger partial charge in [-0.3, -0.25) is 9.69 Å². The van der Waals surface area contributed by atoms with Gasteiger partial charge in [-0.25, -0.2) is 0 Å². The van der Waals surface area contributed by atoms with Crippen molar-refractivity contribution in [3.05, 3.63) is 77.9 Å². The van der Waals surface area contributed by atoms with Crippen LogP contribution in [0.2, 0.25) is 0 Å². The van der Waals surface area contributed by atoms with Gasteiger partial charge in [-0.05, 0) is 80.0 Å². The molecule has 6 nitrogen and oxygen atoms in total. The van der Waals surface area contributed by atoms with Gasteiger partial charge >= 0.3 is 0 Å². The predicted molar refractivity (Wildman–Crippen MR) is 139 cm³/mol. The van der Waals surface area contributed by atoms with Crippen molar-refractivity contribution in [2.24, 2.45) is 0 Å². The SMILES string of the molecule is CNC(=O)c1c(-c2ccc(OC)cc2)n(-c2ccccc2)c2ccc(O)c(CN3CCCCC3)c12. The van der Waals surface area contributed by atoms with Crippen molar-refractivity contribution in [1.29, 1.82) is 0 Å². The van der Waals surface area contributed by atoms with Crippen LogP contribution < -0.4 is 10.1 Å². The molecular formula is C29H31N3O3. The zero-order valence-electron chi connectivity index (χ0n) is 20.3. The van der Waals surface area contributed by atoms with Gasteiger partial charge in [0.25, 0.3) is 5.91 Å². The minimum Gasteiger partial charge on any atom is -0.508 e. The molecule has 1 saturated heterocycles. The number of carbonyl (C=O) groups is 1. The Labute approximate surface area is 205 Å². The number of aromatic hydroxyl groups is 1. The van der Waals surface area contributed by atoms with E-state index in [0.717, 1.165) is 65.1 Å². The first-order valence-electron chi connectivity index (χ1n) is 12.2. The number of likely N-dealkylation sites (tertiary alicyclic amines) is 1. The van der Waals surface area contributed by atoms with Crippen molar-refractivity contribution in [2.75, 3.05) is 27.2 Å². The van der Waals surface area contributed by atoms with Crippen LogP contribution in [-0.2, 0) is 6.54 Å². The topological polar surface area (TPSA) is 66.7 Å². The summed E-state index contributed by atoms with van der Waals surface area (Å²) in [6.07, 6.45) is 3.55. The van der Waals surface area contributed by atoms with Crippen molar-refractivity contribution in [3.63, 3.8) is 0 Å². The average molecular weight is 470 g/mol. The van der Waals surface area contributed by atoms with Crippen molar-refractivity contribution in [1.82, 2.24) is 14.8 Å². The summed E-state index contributed by atoms with van der Waals surface area (Å²) in [5, 5.41) is 14.7. The van der Waals surface area contributed by atoms with Crippen LogP contribution in [0.4, 0.5) is 0 Å². The zero-order valence-corrected chi connectivity index (χ0v) is 20.3. The van der Waals surface area contributed by atoms with E-state index in [1.165, 1.54) is 6.42 Å². The molecule has 1 aromatic heterocycles. The molecular weight excluding hydrogens is 438 g/mol. The summed E-state index contributed by atoms with van der Waals surface area (Å²) >= 11 is 0. The third-order valence-electron chi connectivity index (χ3n) is 6.88. The number of aromatic nitrogens is 1. The van der Waals surface area contributed by atoms with Crippen molar-refractivity contribution >= 4 is 16.8 Å². The number of para-hydroxylation sites is 1. The Balaban J connectivity index is 1.85. The predicted octanol–water partition coefficient (Wildman–Crippen LogP) is 5.36. The molecule has 0 unspecified atom stereocenters. The summed E-state index contributed by atoms with van der Waals surface area (Å²) in [6.45, 7) is 2.60. The van der Waals surface area contributed by atoms with Gasteiger partial charge in [0.1, 0.15) is 11.5 Å². The molecule has 2 N–H and O–H groups in total. The van der Waals surface area contributed by atoms with E-state index < -0.39 is 0 Å². The van der Waals surface area contributed by atoms with Gasteiger partial charge in [0.15, 0.2) is 0 Å². The van der Waals surface area contributed by atoms with Crippen LogP contribution in [0, 0.1) is 0 Å². The number of carbonyl (C=O) groups excluding carboxylic acids is 1. The average Bonchev–Trinajstić information content (AvgIpc) is 3.26. The van der Waals surface area contributed by atoms with E-state index in [2.05, 4.69) is 14.8 Å². The zero-order chi connectivity index (χ0) is 24.4. The Morgan fingerprint density at radius 2 is 1.69 bits per heavy atom. The number of rotatable bonds is 6. The lowest BCUT2D eigenvalue weighted by molar-refractivity contribution is 0.0965. The highest BCUT2D eigenvalue weighted by Crippen LogP contribution is 2.41. The van der Waals surface area contributed by atoms with E-state index in [4.69, 9.17) is 4.74 Å². The number of phenols is 1. The van der Waals surface area contributed by atoms with Gasteiger partial charge in [-0.1, -0.05) is 24.6 Å². The quantitative estimate of drug-likeness (QED) is 0.399. The monoisotopic (exact) mass is 469 g/mol. The maximum Gasteiger partial charge on any atom is 0.253 e. The number of methoxy groups -OCH3 is 1. The number of piperidine rings is 1. The van der Waals surface area contributed by atoms with E-state index in [-0.39, 0.29) is 11.7 Å². The maximum absolute atomic E-state index is 13.5. The molecule has 1 amide bonds. The van der Waals surface area contributed by atoms with Gasteiger partial charge < -0.3 is 19.7 Å². The Hall–Kier alpha value is -3.77. The van der Waals surface area contributed by atoms with Crippen LogP contribution in [0.15, 0.2) is 66.7 Å². The molecule has 6 heteroatoms. The first-order valence-corrected chi connectivity index (χ1v) is 12.2. The lowest BCUT2D eigenvalue weighted by Gasteiger charge is -2.27. The molecule has 3 aromatic carbocycles. The normalized spacial score (nSPS) is 14.2. The Morgan fingerprint density at radius 3 is 2.34 bits per heavy atom. The summed E-state index contributed by atoms with van der Waals surface area (Å²) in [4.78, 5) is 15.9. The molecule has 0 radical (unpaired) electrons. The third-order valence-corrected chi connectivity index (χ3v) is 6.88. The Morgan fingerprint density at radius 1 is 0.971 bits per heavy atom. The number of hydrogen-bond acceptors (Lipinski definition) is 4. The molecule has 0 spiro atoms. The molecule has 2 heterocycles. The fourth-order valence-electron chi connectivity index (χ4n) is 5.16. The van der Waals surface area contributed by atoms with Crippen LogP contribution in [0.5, 0.6) is 11.5 Å². The lowest BCUT2D eigenvalue weighted by Crippen LogP contribution is -2.29. The van der Waals surface area contributed by atoms with Crippen LogP contribution in [0.3, 0.4) is 0 Å². The smallest absolute Gasteiger partial charge is 0.253 e. The number of ether oxygens (including phenoxy) is 1. The molecule has 0 bridgehead atoms. The maximum atomic E-state index is 13.5. The summed E-state index contributed by atoms with van der Waals surface area (Å²) in [5.41, 5.74) is 4.90. The number of amides is 1. The molecule has 1 aliphatic rings. The van der Waals surface area contributed by atoms with Crippen molar-refractivity contribution in [2.45, 2.75) is 25.8 Å². The van der Waals surface area contributed by atoms with Crippen LogP contribution in [0.1, 0.15) is 35.2 Å². The summed E-state index contributed by atoms with van der Waals surface area (Å²) in [7, 11) is 3.29. The number of nitrogens with one attached hydrogen (secondary N) is 1. The van der Waals surface area contributed by atoms with E-state index in [1.807, 2.05) is 60.7 Å². The highest BCUT2D eigenvalue weighted by molar-refractivity contribution is 6.14. The van der Waals surface area contributed by atoms with Gasteiger partial charge in [0.05, 0.1) is 23.9 Å². The second kappa shape index (κ2) is 9.84. The second-order valence-corrected chi connectivity index (χ2v) is 9.00. The number of benzene rings is 3. The van der Waals surface area contributed by atoms with E-state index >= 15 is 0 Å². The largest absolute Gasteiger partial charge is 0.508 e. The molecule has 5 rings (SSSR count). The van der Waals surface area contributed by atoms with Gasteiger partial charge in [0, 0.05) is 30.2 Å². The molecule has 0 atom stereocenters. The molecule has 0 aliphatic carbocycles. The highest BCUT2D eigenvalue weighted by atomic mass is 16.5. The van der Waals surface area contributed by atoms with E-state index in [9.17, 15) is 9.90 Å². The molecule has 1 aliphatic heterocycles. The van der Waals surface area contributed by atoms with Gasteiger partial charge in [0.2, 0.25) is 0 Å². The van der Waals surface area contributed by atoms with Crippen LogP contribution >= 0.6 is 0 Å². The van der Waals surface area contributed by atoms with Crippen LogP contribution in [0.25, 0.3) is 27.8 Å². The van der Waals surface area contributed by atoms with Gasteiger partial charge in [-0.15, -0.1) is 0 Å². The summed E-state index contributed by atoms with van der Waals surface area (Å²) in [6, 6.07) is 21.5. The number of phenolic OH excluding ortho intramolecular Hbond substituents is 1. The molecule has 35 heavy (non-hydrogen) atoms. The summed E-state index contributed by atoms with van der Waals surface area (Å²) < 4.78 is 7.50. The highest BCUT2D eigenvalue weighted by Gasteiger charge is 2.28.